The molecular weight excluding hydrogens is 214 g/mol. The van der Waals surface area contributed by atoms with Gasteiger partial charge >= 0.3 is 0 Å². The molecule has 0 spiro atoms. The Bertz CT molecular complexity index is 666. The van der Waals surface area contributed by atoms with Crippen LogP contribution in [-0.4, -0.2) is 14.5 Å². The Morgan fingerprint density at radius 2 is 1.82 bits per heavy atom. The lowest BCUT2D eigenvalue weighted by Gasteiger charge is -2.05. The normalized spacial score (nSPS) is 10.8. The van der Waals surface area contributed by atoms with E-state index in [1.54, 1.807) is 6.07 Å². The van der Waals surface area contributed by atoms with Crippen molar-refractivity contribution in [3.05, 3.63) is 42.6 Å². The van der Waals surface area contributed by atoms with Gasteiger partial charge in [0.25, 0.3) is 0 Å². The molecule has 0 aliphatic carbocycles. The Balaban J connectivity index is 2.27. The van der Waals surface area contributed by atoms with Gasteiger partial charge in [-0.3, -0.25) is 0 Å². The lowest BCUT2D eigenvalue weighted by Crippen LogP contribution is -2.04. The van der Waals surface area contributed by atoms with Gasteiger partial charge in [0.1, 0.15) is 11.6 Å². The zero-order valence-corrected chi connectivity index (χ0v) is 9.04. The molecule has 0 saturated heterocycles. The molecule has 3 aromatic rings. The van der Waals surface area contributed by atoms with Crippen LogP contribution in [0.3, 0.4) is 0 Å². The summed E-state index contributed by atoms with van der Waals surface area (Å²) in [6, 6.07) is 11.7. The number of rotatable bonds is 1. The van der Waals surface area contributed by atoms with Crippen LogP contribution in [0.1, 0.15) is 0 Å². The monoisotopic (exact) mass is 225 g/mol. The Morgan fingerprint density at radius 3 is 2.65 bits per heavy atom. The van der Waals surface area contributed by atoms with E-state index in [-0.39, 0.29) is 5.95 Å². The molecule has 1 aromatic carbocycles. The van der Waals surface area contributed by atoms with Crippen molar-refractivity contribution in [1.29, 1.82) is 0 Å². The van der Waals surface area contributed by atoms with Gasteiger partial charge in [-0.2, -0.15) is 9.97 Å². The minimum absolute atomic E-state index is 0.179. The molecule has 5 nitrogen and oxygen atoms in total. The maximum atomic E-state index is 5.67. The number of hydrogen-bond donors (Lipinski definition) is 2. The molecule has 0 fully saturated rings. The van der Waals surface area contributed by atoms with Crippen molar-refractivity contribution < 1.29 is 0 Å². The first kappa shape index (κ1) is 9.65. The van der Waals surface area contributed by atoms with Crippen LogP contribution in [0, 0.1) is 0 Å². The van der Waals surface area contributed by atoms with Crippen LogP contribution in [0.15, 0.2) is 42.6 Å². The second-order valence-corrected chi connectivity index (χ2v) is 3.75. The smallest absolute Gasteiger partial charge is 0.223 e. The van der Waals surface area contributed by atoms with Gasteiger partial charge in [-0.25, -0.2) is 0 Å². The van der Waals surface area contributed by atoms with Crippen molar-refractivity contribution in [3.63, 3.8) is 0 Å². The van der Waals surface area contributed by atoms with E-state index in [4.69, 9.17) is 11.5 Å². The summed E-state index contributed by atoms with van der Waals surface area (Å²) in [4.78, 5) is 8.03. The maximum absolute atomic E-state index is 5.67. The van der Waals surface area contributed by atoms with Crippen LogP contribution in [0.4, 0.5) is 11.8 Å². The Kier molecular flexibility index (Phi) is 1.98. The van der Waals surface area contributed by atoms with Gasteiger partial charge in [-0.1, -0.05) is 18.2 Å². The lowest BCUT2D eigenvalue weighted by molar-refractivity contribution is 1.02. The third kappa shape index (κ3) is 1.57. The van der Waals surface area contributed by atoms with Gasteiger partial charge < -0.3 is 16.0 Å². The summed E-state index contributed by atoms with van der Waals surface area (Å²) in [5.41, 5.74) is 12.3. The predicted octanol–water partition coefficient (Wildman–Crippen LogP) is 1.58. The fourth-order valence-corrected chi connectivity index (χ4v) is 1.88. The molecule has 5 heteroatoms. The van der Waals surface area contributed by atoms with Crippen LogP contribution in [-0.2, 0) is 0 Å². The summed E-state index contributed by atoms with van der Waals surface area (Å²) in [5.74, 6) is 1.22. The van der Waals surface area contributed by atoms with Crippen molar-refractivity contribution in [2.45, 2.75) is 0 Å². The summed E-state index contributed by atoms with van der Waals surface area (Å²) in [6.45, 7) is 0. The number of hydrogen-bond acceptors (Lipinski definition) is 4. The molecule has 0 unspecified atom stereocenters. The largest absolute Gasteiger partial charge is 0.383 e. The number of fused-ring (bicyclic) bond motifs is 1. The zero-order valence-electron chi connectivity index (χ0n) is 9.04. The highest BCUT2D eigenvalue weighted by atomic mass is 15.1. The quantitative estimate of drug-likeness (QED) is 0.658. The third-order valence-corrected chi connectivity index (χ3v) is 2.60. The second kappa shape index (κ2) is 3.48. The van der Waals surface area contributed by atoms with Gasteiger partial charge in [-0.05, 0) is 17.5 Å². The first-order valence-electron chi connectivity index (χ1n) is 5.20. The molecule has 84 valence electrons. The lowest BCUT2D eigenvalue weighted by atomic mass is 10.2. The molecule has 0 aliphatic heterocycles. The van der Waals surface area contributed by atoms with Crippen LogP contribution in [0.25, 0.3) is 16.7 Å². The first-order chi connectivity index (χ1) is 8.24. The van der Waals surface area contributed by atoms with E-state index in [2.05, 4.69) is 9.97 Å². The average molecular weight is 225 g/mol. The van der Waals surface area contributed by atoms with Crippen molar-refractivity contribution in [2.75, 3.05) is 11.5 Å². The van der Waals surface area contributed by atoms with E-state index in [0.29, 0.717) is 11.6 Å². The second-order valence-electron chi connectivity index (χ2n) is 3.75. The summed E-state index contributed by atoms with van der Waals surface area (Å²) in [5, 5.41) is 1.14. The van der Waals surface area contributed by atoms with Crippen molar-refractivity contribution in [3.8, 4) is 5.82 Å². The standard InChI is InChI=1S/C12H11N5/c13-10-7-11(16-12(14)15-10)17-6-5-8-3-1-2-4-9(8)17/h1-7H,(H4,13,14,15,16). The Morgan fingerprint density at radius 1 is 1.00 bits per heavy atom. The average Bonchev–Trinajstić information content (AvgIpc) is 2.71. The summed E-state index contributed by atoms with van der Waals surface area (Å²) in [6.07, 6.45) is 1.94. The fraction of sp³-hybridized carbons (Fsp3) is 0. The molecular formula is C12H11N5. The van der Waals surface area contributed by atoms with E-state index < -0.39 is 0 Å². The van der Waals surface area contributed by atoms with Crippen LogP contribution >= 0.6 is 0 Å². The predicted molar refractivity (Wildman–Crippen MR) is 67.7 cm³/mol. The fourth-order valence-electron chi connectivity index (χ4n) is 1.88. The molecule has 3 rings (SSSR count). The summed E-state index contributed by atoms with van der Waals surface area (Å²) >= 11 is 0. The topological polar surface area (TPSA) is 82.8 Å². The van der Waals surface area contributed by atoms with Gasteiger partial charge in [0, 0.05) is 12.3 Å². The van der Waals surface area contributed by atoms with Crippen molar-refractivity contribution in [1.82, 2.24) is 14.5 Å². The van der Waals surface area contributed by atoms with E-state index in [0.717, 1.165) is 10.9 Å². The van der Waals surface area contributed by atoms with E-state index >= 15 is 0 Å². The highest BCUT2D eigenvalue weighted by Gasteiger charge is 2.05. The van der Waals surface area contributed by atoms with Gasteiger partial charge in [-0.15, -0.1) is 0 Å². The van der Waals surface area contributed by atoms with Crippen LogP contribution in [0.5, 0.6) is 0 Å². The van der Waals surface area contributed by atoms with Gasteiger partial charge in [0.2, 0.25) is 5.95 Å². The minimum Gasteiger partial charge on any atom is -0.383 e. The minimum atomic E-state index is 0.179. The summed E-state index contributed by atoms with van der Waals surface area (Å²) < 4.78 is 1.93. The highest BCUT2D eigenvalue weighted by Crippen LogP contribution is 2.20. The molecule has 0 saturated carbocycles. The molecule has 0 radical (unpaired) electrons. The maximum Gasteiger partial charge on any atom is 0.223 e. The first-order valence-corrected chi connectivity index (χ1v) is 5.20. The highest BCUT2D eigenvalue weighted by molar-refractivity contribution is 5.81. The molecule has 0 aliphatic rings. The van der Waals surface area contributed by atoms with Gasteiger partial charge in [0.15, 0.2) is 0 Å². The number of nitrogens with two attached hydrogens (primary N) is 2. The summed E-state index contributed by atoms with van der Waals surface area (Å²) in [7, 11) is 0. The zero-order chi connectivity index (χ0) is 11.8. The number of anilines is 2. The number of benzene rings is 1. The molecule has 0 bridgehead atoms. The van der Waals surface area contributed by atoms with Crippen LogP contribution < -0.4 is 11.5 Å². The molecule has 2 aromatic heterocycles. The van der Waals surface area contributed by atoms with Crippen molar-refractivity contribution in [2.24, 2.45) is 0 Å². The molecule has 4 N–H and O–H groups in total. The van der Waals surface area contributed by atoms with E-state index in [9.17, 15) is 0 Å². The number of nitrogens with zero attached hydrogens (tertiary/aromatic N) is 3. The van der Waals surface area contributed by atoms with E-state index in [1.807, 2.05) is 41.1 Å². The Labute approximate surface area is 97.7 Å². The van der Waals surface area contributed by atoms with Crippen molar-refractivity contribution >= 4 is 22.7 Å². The number of nitrogen functional groups attached to an aromatic ring is 2. The molecule has 17 heavy (non-hydrogen) atoms. The molecule has 0 amide bonds. The number of aromatic nitrogens is 3. The van der Waals surface area contributed by atoms with Gasteiger partial charge in [0.05, 0.1) is 5.52 Å². The van der Waals surface area contributed by atoms with Crippen LogP contribution in [0.2, 0.25) is 0 Å². The number of para-hydroxylation sites is 1. The molecule has 0 atom stereocenters. The Hall–Kier alpha value is -2.56. The third-order valence-electron chi connectivity index (χ3n) is 2.60. The van der Waals surface area contributed by atoms with E-state index in [1.165, 1.54) is 0 Å². The molecule has 2 heterocycles. The SMILES string of the molecule is Nc1cc(-n2ccc3ccccc32)nc(N)n1.